The number of aryl methyl sites for hydroxylation is 1. The second-order valence-corrected chi connectivity index (χ2v) is 6.78. The molecule has 6 heteroatoms. The number of nitrogens with zero attached hydrogens (tertiary/aromatic N) is 3. The maximum absolute atomic E-state index is 4.47. The Morgan fingerprint density at radius 3 is 2.74 bits per heavy atom. The van der Waals surface area contributed by atoms with Gasteiger partial charge in [-0.2, -0.15) is 0 Å². The molecule has 2 rings (SSSR count). The van der Waals surface area contributed by atoms with Crippen LogP contribution in [0.5, 0.6) is 0 Å². The van der Waals surface area contributed by atoms with Crippen LogP contribution >= 0.6 is 27.3 Å². The fourth-order valence-corrected chi connectivity index (χ4v) is 3.07. The second kappa shape index (κ2) is 6.45. The van der Waals surface area contributed by atoms with Crippen molar-refractivity contribution >= 4 is 33.1 Å². The van der Waals surface area contributed by atoms with Crippen molar-refractivity contribution in [2.45, 2.75) is 20.0 Å². The van der Waals surface area contributed by atoms with Gasteiger partial charge in [-0.3, -0.25) is 4.90 Å². The van der Waals surface area contributed by atoms with Crippen molar-refractivity contribution in [2.75, 3.05) is 19.4 Å². The number of rotatable bonds is 5. The van der Waals surface area contributed by atoms with Gasteiger partial charge in [0.15, 0.2) is 0 Å². The molecule has 0 radical (unpaired) electrons. The Morgan fingerprint density at radius 1 is 1.32 bits per heavy atom. The molecule has 19 heavy (non-hydrogen) atoms. The van der Waals surface area contributed by atoms with E-state index in [1.165, 1.54) is 9.35 Å². The molecule has 0 saturated carbocycles. The van der Waals surface area contributed by atoms with Crippen LogP contribution in [0.2, 0.25) is 0 Å². The van der Waals surface area contributed by atoms with Crippen molar-refractivity contribution in [3.8, 4) is 0 Å². The Balaban J connectivity index is 2.02. The third-order valence-corrected chi connectivity index (χ3v) is 4.20. The van der Waals surface area contributed by atoms with E-state index in [0.29, 0.717) is 0 Å². The molecule has 0 bridgehead atoms. The van der Waals surface area contributed by atoms with Crippen LogP contribution in [-0.2, 0) is 13.1 Å². The zero-order valence-corrected chi connectivity index (χ0v) is 13.7. The van der Waals surface area contributed by atoms with E-state index in [0.717, 1.165) is 30.4 Å². The van der Waals surface area contributed by atoms with Crippen LogP contribution in [-0.4, -0.2) is 29.0 Å². The Hall–Kier alpha value is -0.980. The summed E-state index contributed by atoms with van der Waals surface area (Å²) in [5.74, 6) is 1.72. The number of halogens is 1. The summed E-state index contributed by atoms with van der Waals surface area (Å²) in [5.41, 5.74) is 2.29. The topological polar surface area (TPSA) is 41.1 Å². The van der Waals surface area contributed by atoms with Gasteiger partial charge in [-0.1, -0.05) is 0 Å². The molecule has 2 aromatic rings. The monoisotopic (exact) mass is 340 g/mol. The first-order valence-electron chi connectivity index (χ1n) is 6.00. The predicted octanol–water partition coefficient (Wildman–Crippen LogP) is 3.28. The zero-order chi connectivity index (χ0) is 13.8. The normalized spacial score (nSPS) is 11.0. The molecular formula is C13H17BrN4S. The maximum Gasteiger partial charge on any atom is 0.144 e. The van der Waals surface area contributed by atoms with E-state index in [2.05, 4.69) is 54.6 Å². The molecule has 0 aliphatic rings. The second-order valence-electron chi connectivity index (χ2n) is 4.49. The van der Waals surface area contributed by atoms with Crippen LogP contribution in [0.3, 0.4) is 0 Å². The van der Waals surface area contributed by atoms with Gasteiger partial charge < -0.3 is 5.32 Å². The smallest absolute Gasteiger partial charge is 0.144 e. The quantitative estimate of drug-likeness (QED) is 0.906. The number of thiophene rings is 1. The van der Waals surface area contributed by atoms with Gasteiger partial charge in [-0.05, 0) is 46.9 Å². The molecular weight excluding hydrogens is 324 g/mol. The highest BCUT2D eigenvalue weighted by Gasteiger charge is 2.07. The highest BCUT2D eigenvalue weighted by Crippen LogP contribution is 2.21. The summed E-state index contributed by atoms with van der Waals surface area (Å²) in [5, 5.41) is 5.22. The molecule has 0 amide bonds. The number of nitrogens with one attached hydrogen (secondary N) is 1. The van der Waals surface area contributed by atoms with E-state index in [-0.39, 0.29) is 0 Å². The number of anilines is 1. The maximum atomic E-state index is 4.47. The van der Waals surface area contributed by atoms with E-state index in [4.69, 9.17) is 0 Å². The largest absolute Gasteiger partial charge is 0.373 e. The molecule has 0 saturated heterocycles. The molecule has 2 heterocycles. The number of hydrogen-bond acceptors (Lipinski definition) is 5. The minimum absolute atomic E-state index is 0.740. The fourth-order valence-electron chi connectivity index (χ4n) is 1.87. The summed E-state index contributed by atoms with van der Waals surface area (Å²) < 4.78 is 1.17. The standard InChI is InChI=1S/C13H17BrN4S/c1-9-4-12(15-2)17-13(16-9)7-18(3)6-10-5-11(14)19-8-10/h4-5,8H,6-7H2,1-3H3,(H,15,16,17). The Kier molecular flexibility index (Phi) is 4.90. The van der Waals surface area contributed by atoms with E-state index in [1.807, 2.05) is 20.0 Å². The molecule has 0 unspecified atom stereocenters. The summed E-state index contributed by atoms with van der Waals surface area (Å²) in [4.78, 5) is 11.1. The van der Waals surface area contributed by atoms with Crippen molar-refractivity contribution in [3.63, 3.8) is 0 Å². The molecule has 0 aliphatic carbocycles. The number of hydrogen-bond donors (Lipinski definition) is 1. The Labute approximate surface area is 126 Å². The highest BCUT2D eigenvalue weighted by atomic mass is 79.9. The van der Waals surface area contributed by atoms with Gasteiger partial charge in [-0.25, -0.2) is 9.97 Å². The third kappa shape index (κ3) is 4.26. The highest BCUT2D eigenvalue weighted by molar-refractivity contribution is 9.11. The van der Waals surface area contributed by atoms with Crippen molar-refractivity contribution in [1.29, 1.82) is 0 Å². The lowest BCUT2D eigenvalue weighted by Gasteiger charge is -2.15. The predicted molar refractivity (Wildman–Crippen MR) is 83.5 cm³/mol. The summed E-state index contributed by atoms with van der Waals surface area (Å²) in [6.45, 7) is 3.63. The van der Waals surface area contributed by atoms with Gasteiger partial charge in [0, 0.05) is 25.4 Å². The molecule has 1 N–H and O–H groups in total. The molecule has 102 valence electrons. The molecule has 4 nitrogen and oxygen atoms in total. The Morgan fingerprint density at radius 2 is 2.11 bits per heavy atom. The summed E-state index contributed by atoms with van der Waals surface area (Å²) in [7, 11) is 3.95. The first kappa shape index (κ1) is 14.4. The van der Waals surface area contributed by atoms with Crippen LogP contribution in [0.15, 0.2) is 21.3 Å². The summed E-state index contributed by atoms with van der Waals surface area (Å²) >= 11 is 5.19. The molecule has 2 aromatic heterocycles. The first-order chi connectivity index (χ1) is 9.06. The van der Waals surface area contributed by atoms with E-state index < -0.39 is 0 Å². The minimum atomic E-state index is 0.740. The van der Waals surface area contributed by atoms with E-state index in [9.17, 15) is 0 Å². The van der Waals surface area contributed by atoms with Crippen LogP contribution in [0, 0.1) is 6.92 Å². The lowest BCUT2D eigenvalue weighted by Crippen LogP contribution is -2.19. The lowest BCUT2D eigenvalue weighted by atomic mass is 10.3. The van der Waals surface area contributed by atoms with Gasteiger partial charge in [0.05, 0.1) is 10.3 Å². The minimum Gasteiger partial charge on any atom is -0.373 e. The van der Waals surface area contributed by atoms with Crippen molar-refractivity contribution in [1.82, 2.24) is 14.9 Å². The summed E-state index contributed by atoms with van der Waals surface area (Å²) in [6, 6.07) is 4.09. The summed E-state index contributed by atoms with van der Waals surface area (Å²) in [6.07, 6.45) is 0. The average Bonchev–Trinajstić information content (AvgIpc) is 2.73. The van der Waals surface area contributed by atoms with Crippen molar-refractivity contribution < 1.29 is 0 Å². The molecule has 0 spiro atoms. The van der Waals surface area contributed by atoms with Gasteiger partial charge in [0.2, 0.25) is 0 Å². The van der Waals surface area contributed by atoms with Crippen LogP contribution in [0.4, 0.5) is 5.82 Å². The van der Waals surface area contributed by atoms with Crippen molar-refractivity contribution in [3.05, 3.63) is 38.4 Å². The Bertz CT molecular complexity index is 555. The molecule has 0 aliphatic heterocycles. The van der Waals surface area contributed by atoms with Gasteiger partial charge in [0.25, 0.3) is 0 Å². The van der Waals surface area contributed by atoms with Gasteiger partial charge >= 0.3 is 0 Å². The van der Waals surface area contributed by atoms with Crippen LogP contribution in [0.1, 0.15) is 17.1 Å². The van der Waals surface area contributed by atoms with Crippen LogP contribution in [0.25, 0.3) is 0 Å². The van der Waals surface area contributed by atoms with Crippen LogP contribution < -0.4 is 5.32 Å². The van der Waals surface area contributed by atoms with Gasteiger partial charge in [-0.15, -0.1) is 11.3 Å². The van der Waals surface area contributed by atoms with E-state index in [1.54, 1.807) is 11.3 Å². The third-order valence-electron chi connectivity index (χ3n) is 2.64. The zero-order valence-electron chi connectivity index (χ0n) is 11.3. The van der Waals surface area contributed by atoms with E-state index >= 15 is 0 Å². The first-order valence-corrected chi connectivity index (χ1v) is 7.68. The SMILES string of the molecule is CNc1cc(C)nc(CN(C)Cc2csc(Br)c2)n1. The van der Waals surface area contributed by atoms with Crippen molar-refractivity contribution in [2.24, 2.45) is 0 Å². The molecule has 0 aromatic carbocycles. The fraction of sp³-hybridized carbons (Fsp3) is 0.385. The molecule has 0 atom stereocenters. The number of aromatic nitrogens is 2. The molecule has 0 fully saturated rings. The average molecular weight is 341 g/mol. The lowest BCUT2D eigenvalue weighted by molar-refractivity contribution is 0.311. The van der Waals surface area contributed by atoms with Gasteiger partial charge in [0.1, 0.15) is 11.6 Å².